The number of rotatable bonds is 2. The van der Waals surface area contributed by atoms with Crippen LogP contribution in [0.2, 0.25) is 5.28 Å². The molecule has 1 aromatic carbocycles. The molecule has 20 heavy (non-hydrogen) atoms. The van der Waals surface area contributed by atoms with Crippen molar-refractivity contribution >= 4 is 33.5 Å². The van der Waals surface area contributed by atoms with Crippen molar-refractivity contribution in [2.24, 2.45) is 0 Å². The van der Waals surface area contributed by atoms with Crippen molar-refractivity contribution in [3.8, 4) is 11.4 Å². The van der Waals surface area contributed by atoms with Crippen molar-refractivity contribution in [2.75, 3.05) is 31.2 Å². The summed E-state index contributed by atoms with van der Waals surface area (Å²) in [7, 11) is 0. The topological polar surface area (TPSA) is 51.1 Å². The summed E-state index contributed by atoms with van der Waals surface area (Å²) < 4.78 is 6.26. The van der Waals surface area contributed by atoms with Crippen LogP contribution in [0.3, 0.4) is 0 Å². The molecular weight excluding hydrogens is 344 g/mol. The maximum Gasteiger partial charge on any atom is 0.230 e. The molecule has 3 rings (SSSR count). The Morgan fingerprint density at radius 3 is 2.60 bits per heavy atom. The van der Waals surface area contributed by atoms with Gasteiger partial charge in [0, 0.05) is 23.1 Å². The molecule has 104 valence electrons. The van der Waals surface area contributed by atoms with Gasteiger partial charge in [-0.05, 0) is 17.7 Å². The van der Waals surface area contributed by atoms with E-state index in [2.05, 4.69) is 35.8 Å². The maximum atomic E-state index is 6.04. The van der Waals surface area contributed by atoms with Crippen LogP contribution >= 0.6 is 27.5 Å². The van der Waals surface area contributed by atoms with E-state index in [0.717, 1.165) is 23.1 Å². The van der Waals surface area contributed by atoms with Gasteiger partial charge in [0.25, 0.3) is 0 Å². The minimum Gasteiger partial charge on any atom is -0.378 e. The van der Waals surface area contributed by atoms with E-state index < -0.39 is 0 Å². The molecule has 0 saturated carbocycles. The monoisotopic (exact) mass is 354 g/mol. The van der Waals surface area contributed by atoms with Crippen LogP contribution in [0.1, 0.15) is 0 Å². The molecule has 0 bridgehead atoms. The van der Waals surface area contributed by atoms with Crippen LogP contribution in [0, 0.1) is 0 Å². The largest absolute Gasteiger partial charge is 0.378 e. The van der Waals surface area contributed by atoms with Crippen molar-refractivity contribution in [3.05, 3.63) is 34.0 Å². The van der Waals surface area contributed by atoms with Crippen molar-refractivity contribution in [1.82, 2.24) is 15.0 Å². The van der Waals surface area contributed by atoms with E-state index in [1.807, 2.05) is 24.3 Å². The smallest absolute Gasteiger partial charge is 0.230 e. The van der Waals surface area contributed by atoms with E-state index in [1.165, 1.54) is 0 Å². The summed E-state index contributed by atoms with van der Waals surface area (Å²) in [6, 6.07) is 7.77. The highest BCUT2D eigenvalue weighted by Gasteiger charge is 2.17. The maximum absolute atomic E-state index is 6.04. The van der Waals surface area contributed by atoms with Crippen LogP contribution in [0.5, 0.6) is 0 Å². The summed E-state index contributed by atoms with van der Waals surface area (Å²) in [5, 5.41) is 0.201. The van der Waals surface area contributed by atoms with Gasteiger partial charge in [-0.15, -0.1) is 0 Å². The first-order valence-electron chi connectivity index (χ1n) is 6.23. The summed E-state index contributed by atoms with van der Waals surface area (Å²) in [5.74, 6) is 1.16. The Kier molecular flexibility index (Phi) is 4.14. The number of hydrogen-bond donors (Lipinski definition) is 0. The molecule has 0 spiro atoms. The van der Waals surface area contributed by atoms with Crippen LogP contribution in [0.4, 0.5) is 5.95 Å². The third-order valence-corrected chi connectivity index (χ3v) is 3.87. The summed E-state index contributed by atoms with van der Waals surface area (Å²) in [5.41, 5.74) is 0.895. The van der Waals surface area contributed by atoms with Gasteiger partial charge in [0.2, 0.25) is 11.2 Å². The van der Waals surface area contributed by atoms with Gasteiger partial charge in [0.05, 0.1) is 13.2 Å². The fourth-order valence-corrected chi connectivity index (χ4v) is 2.63. The molecule has 0 radical (unpaired) electrons. The van der Waals surface area contributed by atoms with Crippen LogP contribution in [-0.4, -0.2) is 41.3 Å². The number of aromatic nitrogens is 3. The standard InChI is InChI=1S/C13H12BrClN4O/c14-10-4-2-1-3-9(10)11-16-12(15)18-13(17-11)19-5-7-20-8-6-19/h1-4H,5-8H2. The predicted molar refractivity (Wildman–Crippen MR) is 81.0 cm³/mol. The zero-order valence-corrected chi connectivity index (χ0v) is 12.9. The van der Waals surface area contributed by atoms with Crippen molar-refractivity contribution in [3.63, 3.8) is 0 Å². The van der Waals surface area contributed by atoms with Crippen molar-refractivity contribution < 1.29 is 4.74 Å². The number of benzene rings is 1. The van der Waals surface area contributed by atoms with Crippen LogP contribution in [0.15, 0.2) is 28.7 Å². The van der Waals surface area contributed by atoms with Gasteiger partial charge >= 0.3 is 0 Å². The fraction of sp³-hybridized carbons (Fsp3) is 0.308. The first-order chi connectivity index (χ1) is 9.74. The molecule has 1 aromatic heterocycles. The molecule has 1 saturated heterocycles. The van der Waals surface area contributed by atoms with Gasteiger partial charge < -0.3 is 9.64 Å². The number of nitrogens with zero attached hydrogens (tertiary/aromatic N) is 4. The number of ether oxygens (including phenoxy) is 1. The highest BCUT2D eigenvalue weighted by molar-refractivity contribution is 9.10. The van der Waals surface area contributed by atoms with Gasteiger partial charge in [-0.2, -0.15) is 15.0 Å². The quantitative estimate of drug-likeness (QED) is 0.829. The molecule has 5 nitrogen and oxygen atoms in total. The predicted octanol–water partition coefficient (Wildman–Crippen LogP) is 2.79. The number of hydrogen-bond acceptors (Lipinski definition) is 5. The molecule has 1 aliphatic heterocycles. The van der Waals surface area contributed by atoms with Crippen LogP contribution in [0.25, 0.3) is 11.4 Å². The normalized spacial score (nSPS) is 15.4. The second-order valence-corrected chi connectivity index (χ2v) is 5.50. The lowest BCUT2D eigenvalue weighted by atomic mass is 10.2. The lowest BCUT2D eigenvalue weighted by Gasteiger charge is -2.26. The van der Waals surface area contributed by atoms with E-state index in [4.69, 9.17) is 16.3 Å². The van der Waals surface area contributed by atoms with Crippen LogP contribution < -0.4 is 4.90 Å². The van der Waals surface area contributed by atoms with Gasteiger partial charge in [0.15, 0.2) is 5.82 Å². The molecule has 1 aliphatic rings. The van der Waals surface area contributed by atoms with E-state index in [9.17, 15) is 0 Å². The van der Waals surface area contributed by atoms with Gasteiger partial charge in [0.1, 0.15) is 0 Å². The van der Waals surface area contributed by atoms with E-state index in [1.54, 1.807) is 0 Å². The minimum absolute atomic E-state index is 0.201. The van der Waals surface area contributed by atoms with E-state index >= 15 is 0 Å². The van der Waals surface area contributed by atoms with E-state index in [0.29, 0.717) is 25.0 Å². The number of halogens is 2. The molecule has 1 fully saturated rings. The lowest BCUT2D eigenvalue weighted by Crippen LogP contribution is -2.37. The highest BCUT2D eigenvalue weighted by Crippen LogP contribution is 2.27. The second-order valence-electron chi connectivity index (χ2n) is 4.31. The second kappa shape index (κ2) is 6.03. The Morgan fingerprint density at radius 2 is 1.85 bits per heavy atom. The molecule has 0 unspecified atom stereocenters. The molecule has 2 aromatic rings. The molecule has 0 N–H and O–H groups in total. The third kappa shape index (κ3) is 2.92. The highest BCUT2D eigenvalue weighted by atomic mass is 79.9. The first kappa shape index (κ1) is 13.7. The number of morpholine rings is 1. The third-order valence-electron chi connectivity index (χ3n) is 3.01. The lowest BCUT2D eigenvalue weighted by molar-refractivity contribution is 0.122. The van der Waals surface area contributed by atoms with Gasteiger partial charge in [-0.3, -0.25) is 0 Å². The van der Waals surface area contributed by atoms with Gasteiger partial charge in [-0.25, -0.2) is 0 Å². The summed E-state index contributed by atoms with van der Waals surface area (Å²) in [4.78, 5) is 15.0. The molecule has 7 heteroatoms. The van der Waals surface area contributed by atoms with E-state index in [-0.39, 0.29) is 5.28 Å². The zero-order chi connectivity index (χ0) is 13.9. The molecule has 0 aliphatic carbocycles. The number of anilines is 1. The summed E-state index contributed by atoms with van der Waals surface area (Å²) in [6.07, 6.45) is 0. The Bertz CT molecular complexity index is 619. The van der Waals surface area contributed by atoms with Crippen LogP contribution in [-0.2, 0) is 4.74 Å². The molecule has 0 atom stereocenters. The average molecular weight is 356 g/mol. The SMILES string of the molecule is Clc1nc(-c2ccccc2Br)nc(N2CCOCC2)n1. The molecule has 2 heterocycles. The average Bonchev–Trinajstić information content (AvgIpc) is 2.48. The summed E-state index contributed by atoms with van der Waals surface area (Å²) >= 11 is 9.54. The van der Waals surface area contributed by atoms with Gasteiger partial charge in [-0.1, -0.05) is 34.1 Å². The molecule has 0 amide bonds. The summed E-state index contributed by atoms with van der Waals surface area (Å²) in [6.45, 7) is 2.87. The Balaban J connectivity index is 2.00. The Labute approximate surface area is 130 Å². The fourth-order valence-electron chi connectivity index (χ4n) is 2.01. The van der Waals surface area contributed by atoms with Crippen molar-refractivity contribution in [2.45, 2.75) is 0 Å². The minimum atomic E-state index is 0.201. The van der Waals surface area contributed by atoms with Crippen molar-refractivity contribution in [1.29, 1.82) is 0 Å². The Hall–Kier alpha value is -1.24. The zero-order valence-electron chi connectivity index (χ0n) is 10.6. The Morgan fingerprint density at radius 1 is 1.10 bits per heavy atom. The first-order valence-corrected chi connectivity index (χ1v) is 7.40. The molecular formula is C13H12BrClN4O.